The summed E-state index contributed by atoms with van der Waals surface area (Å²) in [5, 5.41) is 8.72. The van der Waals surface area contributed by atoms with E-state index >= 15 is 0 Å². The van der Waals surface area contributed by atoms with E-state index in [0.29, 0.717) is 19.0 Å². The summed E-state index contributed by atoms with van der Waals surface area (Å²) in [6.45, 7) is 11.4. The average Bonchev–Trinajstić information content (AvgIpc) is 3.31. The second-order valence-corrected chi connectivity index (χ2v) is 10.2. The molecule has 1 saturated heterocycles. The number of carbonyl (C=O) groups is 1. The Balaban J connectivity index is 1.50. The summed E-state index contributed by atoms with van der Waals surface area (Å²) in [6.07, 6.45) is 4.14. The molecule has 0 bridgehead atoms. The lowest BCUT2D eigenvalue weighted by molar-refractivity contribution is 0.0748. The van der Waals surface area contributed by atoms with Gasteiger partial charge >= 0.3 is 0 Å². The maximum atomic E-state index is 13.6. The van der Waals surface area contributed by atoms with Gasteiger partial charge in [0.05, 0.1) is 22.2 Å². The SMILES string of the molecule is Cc1nn(C(C)(C)C)c2nc(C3CC3)cc(C(=O)N3CCN(c4nccs4)CC3)c12. The number of carbonyl (C=O) groups excluding carboxylic acids is 1. The standard InChI is InChI=1S/C22H28N6OS/c1-14-18-16(20(29)26-8-10-27(11-9-26)21-23-7-12-30-21)13-17(15-5-6-15)24-19(18)28(25-14)22(2,3)4/h7,12-13,15H,5-6,8-11H2,1-4H3. The molecule has 0 radical (unpaired) electrons. The number of aromatic nitrogens is 4. The van der Waals surface area contributed by atoms with Gasteiger partial charge in [0.2, 0.25) is 0 Å². The number of pyridine rings is 1. The Bertz CT molecular complexity index is 1090. The van der Waals surface area contributed by atoms with Crippen LogP contribution < -0.4 is 4.90 Å². The number of rotatable bonds is 3. The number of hydrogen-bond donors (Lipinski definition) is 0. The highest BCUT2D eigenvalue weighted by Gasteiger charge is 2.32. The van der Waals surface area contributed by atoms with Crippen LogP contribution in [0.1, 0.15) is 61.3 Å². The molecule has 3 aromatic rings. The molecule has 1 aliphatic heterocycles. The summed E-state index contributed by atoms with van der Waals surface area (Å²) in [6, 6.07) is 2.04. The fourth-order valence-electron chi connectivity index (χ4n) is 4.18. The lowest BCUT2D eigenvalue weighted by atomic mass is 10.1. The molecule has 0 N–H and O–H groups in total. The Morgan fingerprint density at radius 1 is 1.17 bits per heavy atom. The van der Waals surface area contributed by atoms with E-state index in [1.165, 1.54) is 0 Å². The topological polar surface area (TPSA) is 67.2 Å². The Morgan fingerprint density at radius 2 is 1.90 bits per heavy atom. The molecule has 0 spiro atoms. The van der Waals surface area contributed by atoms with Crippen LogP contribution in [0.3, 0.4) is 0 Å². The quantitative estimate of drug-likeness (QED) is 0.640. The van der Waals surface area contributed by atoms with E-state index in [4.69, 9.17) is 10.1 Å². The molecule has 5 rings (SSSR count). The van der Waals surface area contributed by atoms with Gasteiger partial charge in [0, 0.05) is 49.4 Å². The molecule has 30 heavy (non-hydrogen) atoms. The molecule has 1 saturated carbocycles. The minimum absolute atomic E-state index is 0.0969. The Labute approximate surface area is 180 Å². The Morgan fingerprint density at radius 3 is 2.50 bits per heavy atom. The molecule has 1 aliphatic carbocycles. The monoisotopic (exact) mass is 424 g/mol. The molecule has 1 amide bonds. The summed E-state index contributed by atoms with van der Waals surface area (Å²) < 4.78 is 1.99. The van der Waals surface area contributed by atoms with Crippen molar-refractivity contribution in [3.63, 3.8) is 0 Å². The molecule has 0 atom stereocenters. The maximum Gasteiger partial charge on any atom is 0.254 e. The summed E-state index contributed by atoms with van der Waals surface area (Å²) in [7, 11) is 0. The predicted molar refractivity (Wildman–Crippen MR) is 119 cm³/mol. The van der Waals surface area contributed by atoms with Gasteiger partial charge in [0.1, 0.15) is 0 Å². The van der Waals surface area contributed by atoms with Crippen molar-refractivity contribution >= 4 is 33.4 Å². The van der Waals surface area contributed by atoms with E-state index in [1.54, 1.807) is 11.3 Å². The highest BCUT2D eigenvalue weighted by atomic mass is 32.1. The zero-order valence-corrected chi connectivity index (χ0v) is 18.9. The van der Waals surface area contributed by atoms with Gasteiger partial charge in [0.15, 0.2) is 10.8 Å². The molecule has 0 aromatic carbocycles. The lowest BCUT2D eigenvalue weighted by Gasteiger charge is -2.34. The summed E-state index contributed by atoms with van der Waals surface area (Å²) in [4.78, 5) is 27.3. The van der Waals surface area contributed by atoms with E-state index in [-0.39, 0.29) is 11.4 Å². The minimum atomic E-state index is -0.193. The van der Waals surface area contributed by atoms with Gasteiger partial charge in [-0.2, -0.15) is 5.10 Å². The van der Waals surface area contributed by atoms with Crippen LogP contribution in [0.4, 0.5) is 5.13 Å². The molecule has 0 unspecified atom stereocenters. The van der Waals surface area contributed by atoms with E-state index in [1.807, 2.05) is 34.1 Å². The van der Waals surface area contributed by atoms with E-state index in [9.17, 15) is 4.79 Å². The normalized spacial score (nSPS) is 17.7. The fraction of sp³-hybridized carbons (Fsp3) is 0.545. The Hall–Kier alpha value is -2.48. The van der Waals surface area contributed by atoms with Gasteiger partial charge in [-0.25, -0.2) is 14.6 Å². The van der Waals surface area contributed by atoms with Crippen molar-refractivity contribution in [3.8, 4) is 0 Å². The molecule has 2 fully saturated rings. The van der Waals surface area contributed by atoms with Gasteiger partial charge in [-0.05, 0) is 46.6 Å². The first kappa shape index (κ1) is 19.5. The molecule has 158 valence electrons. The van der Waals surface area contributed by atoms with Gasteiger partial charge in [0.25, 0.3) is 5.91 Å². The second kappa shape index (κ2) is 7.04. The van der Waals surface area contributed by atoms with E-state index < -0.39 is 0 Å². The van der Waals surface area contributed by atoms with E-state index in [2.05, 4.69) is 30.7 Å². The maximum absolute atomic E-state index is 13.6. The second-order valence-electron chi connectivity index (χ2n) is 9.33. The van der Waals surface area contributed by atoms with Crippen LogP contribution in [0.15, 0.2) is 17.6 Å². The van der Waals surface area contributed by atoms with Crippen molar-refractivity contribution in [2.24, 2.45) is 0 Å². The van der Waals surface area contributed by atoms with Crippen LogP contribution in [-0.2, 0) is 5.54 Å². The zero-order chi connectivity index (χ0) is 21.0. The highest BCUT2D eigenvalue weighted by molar-refractivity contribution is 7.13. The number of amides is 1. The first-order valence-electron chi connectivity index (χ1n) is 10.7. The molecule has 7 nitrogen and oxygen atoms in total. The van der Waals surface area contributed by atoms with Gasteiger partial charge < -0.3 is 9.80 Å². The fourth-order valence-corrected chi connectivity index (χ4v) is 4.87. The largest absolute Gasteiger partial charge is 0.345 e. The molecule has 3 aromatic heterocycles. The van der Waals surface area contributed by atoms with Crippen molar-refractivity contribution in [2.45, 2.75) is 52.0 Å². The molecule has 8 heteroatoms. The first-order chi connectivity index (χ1) is 14.3. The van der Waals surface area contributed by atoms with Crippen LogP contribution in [0.25, 0.3) is 11.0 Å². The van der Waals surface area contributed by atoms with Crippen LogP contribution in [0, 0.1) is 6.92 Å². The average molecular weight is 425 g/mol. The summed E-state index contributed by atoms with van der Waals surface area (Å²) in [5.41, 5.74) is 3.32. The van der Waals surface area contributed by atoms with Gasteiger partial charge in [-0.1, -0.05) is 0 Å². The number of thiazole rings is 1. The highest BCUT2D eigenvalue weighted by Crippen LogP contribution is 2.41. The predicted octanol–water partition coefficient (Wildman–Crippen LogP) is 3.79. The van der Waals surface area contributed by atoms with E-state index in [0.717, 1.165) is 59.0 Å². The number of nitrogens with zero attached hydrogens (tertiary/aromatic N) is 6. The van der Waals surface area contributed by atoms with Crippen molar-refractivity contribution < 1.29 is 4.79 Å². The number of anilines is 1. The summed E-state index contributed by atoms with van der Waals surface area (Å²) in [5.74, 6) is 0.575. The van der Waals surface area contributed by atoms with Crippen molar-refractivity contribution in [3.05, 3.63) is 34.6 Å². The molecular weight excluding hydrogens is 396 g/mol. The lowest BCUT2D eigenvalue weighted by Crippen LogP contribution is -2.48. The van der Waals surface area contributed by atoms with Crippen molar-refractivity contribution in [2.75, 3.05) is 31.1 Å². The number of piperazine rings is 1. The van der Waals surface area contributed by atoms with Gasteiger partial charge in [-0.15, -0.1) is 11.3 Å². The third-order valence-electron chi connectivity index (χ3n) is 5.95. The number of hydrogen-bond acceptors (Lipinski definition) is 6. The third kappa shape index (κ3) is 3.37. The minimum Gasteiger partial charge on any atom is -0.345 e. The smallest absolute Gasteiger partial charge is 0.254 e. The zero-order valence-electron chi connectivity index (χ0n) is 18.1. The Kier molecular flexibility index (Phi) is 4.57. The van der Waals surface area contributed by atoms with Crippen LogP contribution in [0.5, 0.6) is 0 Å². The van der Waals surface area contributed by atoms with Crippen molar-refractivity contribution in [1.29, 1.82) is 0 Å². The van der Waals surface area contributed by atoms with Crippen molar-refractivity contribution in [1.82, 2.24) is 24.6 Å². The molecular formula is C22H28N6OS. The first-order valence-corrected chi connectivity index (χ1v) is 11.6. The number of fused-ring (bicyclic) bond motifs is 1. The van der Waals surface area contributed by atoms with Crippen LogP contribution in [0.2, 0.25) is 0 Å². The number of aryl methyl sites for hydroxylation is 1. The van der Waals surface area contributed by atoms with Gasteiger partial charge in [-0.3, -0.25) is 4.79 Å². The van der Waals surface area contributed by atoms with Crippen LogP contribution >= 0.6 is 11.3 Å². The van der Waals surface area contributed by atoms with Crippen LogP contribution in [-0.4, -0.2) is 56.7 Å². The third-order valence-corrected chi connectivity index (χ3v) is 6.78. The molecule has 2 aliphatic rings. The summed E-state index contributed by atoms with van der Waals surface area (Å²) >= 11 is 1.65. The molecule has 4 heterocycles.